The molecule has 1 aromatic carbocycles. The van der Waals surface area contributed by atoms with Gasteiger partial charge in [-0.25, -0.2) is 4.79 Å². The lowest BCUT2D eigenvalue weighted by Gasteiger charge is -2.33. The van der Waals surface area contributed by atoms with Crippen LogP contribution in [-0.2, 0) is 4.79 Å². The van der Waals surface area contributed by atoms with Crippen molar-refractivity contribution >= 4 is 35.2 Å². The molecule has 1 unspecified atom stereocenters. The minimum absolute atomic E-state index is 0.0699. The van der Waals surface area contributed by atoms with Gasteiger partial charge in [-0.1, -0.05) is 11.6 Å². The lowest BCUT2D eigenvalue weighted by Crippen LogP contribution is -2.42. The molecular weight excluding hydrogens is 310 g/mol. The van der Waals surface area contributed by atoms with E-state index in [1.165, 1.54) is 24.2 Å². The molecule has 1 N–H and O–H groups in total. The lowest BCUT2D eigenvalue weighted by molar-refractivity contribution is -0.131. The third-order valence-electron chi connectivity index (χ3n) is 3.65. The second kappa shape index (κ2) is 7.18. The molecule has 114 valence electrons. The molecule has 1 aliphatic heterocycles. The number of nitrogens with zero attached hydrogens (tertiary/aromatic N) is 1. The maximum atomic E-state index is 12.2. The number of likely N-dealkylation sites (tertiary alicyclic amines) is 1. The Balaban J connectivity index is 1.98. The van der Waals surface area contributed by atoms with Crippen LogP contribution in [-0.4, -0.2) is 40.2 Å². The number of carboxylic acids is 1. The standard InChI is InChI=1S/C15H18ClNO3S/c1-10-4-2-3-7-17(10)14(18)9-21-11-5-6-13(16)12(8-11)15(19)20/h5-6,8,10H,2-4,7,9H2,1H3,(H,19,20). The molecule has 21 heavy (non-hydrogen) atoms. The highest BCUT2D eigenvalue weighted by Gasteiger charge is 2.23. The van der Waals surface area contributed by atoms with E-state index in [4.69, 9.17) is 16.7 Å². The van der Waals surface area contributed by atoms with Crippen LogP contribution in [0, 0.1) is 0 Å². The number of carbonyl (C=O) groups is 2. The first-order valence-electron chi connectivity index (χ1n) is 6.94. The molecule has 1 fully saturated rings. The summed E-state index contributed by atoms with van der Waals surface area (Å²) in [4.78, 5) is 25.9. The van der Waals surface area contributed by atoms with Crippen molar-refractivity contribution in [3.63, 3.8) is 0 Å². The summed E-state index contributed by atoms with van der Waals surface area (Å²) in [5.74, 6) is -0.622. The normalized spacial score (nSPS) is 18.6. The minimum Gasteiger partial charge on any atom is -0.478 e. The van der Waals surface area contributed by atoms with E-state index in [-0.39, 0.29) is 16.5 Å². The van der Waals surface area contributed by atoms with E-state index >= 15 is 0 Å². The van der Waals surface area contributed by atoms with Gasteiger partial charge in [-0.05, 0) is 44.4 Å². The highest BCUT2D eigenvalue weighted by atomic mass is 35.5. The van der Waals surface area contributed by atoms with E-state index < -0.39 is 5.97 Å². The van der Waals surface area contributed by atoms with Crippen LogP contribution in [0.1, 0.15) is 36.5 Å². The molecule has 1 saturated heterocycles. The van der Waals surface area contributed by atoms with Crippen molar-refractivity contribution in [2.75, 3.05) is 12.3 Å². The van der Waals surface area contributed by atoms with Crippen LogP contribution in [0.5, 0.6) is 0 Å². The van der Waals surface area contributed by atoms with Crippen LogP contribution in [0.2, 0.25) is 5.02 Å². The molecular formula is C15H18ClNO3S. The van der Waals surface area contributed by atoms with Gasteiger partial charge in [0.1, 0.15) is 0 Å². The fraction of sp³-hybridized carbons (Fsp3) is 0.467. The second-order valence-electron chi connectivity index (χ2n) is 5.17. The number of piperidine rings is 1. The number of benzene rings is 1. The zero-order chi connectivity index (χ0) is 15.4. The largest absolute Gasteiger partial charge is 0.478 e. The van der Waals surface area contributed by atoms with Crippen LogP contribution < -0.4 is 0 Å². The monoisotopic (exact) mass is 327 g/mol. The number of halogens is 1. The van der Waals surface area contributed by atoms with Crippen molar-refractivity contribution in [1.82, 2.24) is 4.90 Å². The molecule has 0 aromatic heterocycles. The number of carbonyl (C=O) groups excluding carboxylic acids is 1. The number of amides is 1. The molecule has 0 radical (unpaired) electrons. The van der Waals surface area contributed by atoms with Crippen molar-refractivity contribution in [2.45, 2.75) is 37.1 Å². The van der Waals surface area contributed by atoms with Crippen molar-refractivity contribution in [3.8, 4) is 0 Å². The number of thioether (sulfide) groups is 1. The molecule has 0 aliphatic carbocycles. The van der Waals surface area contributed by atoms with Crippen LogP contribution in [0.3, 0.4) is 0 Å². The van der Waals surface area contributed by atoms with Gasteiger partial charge in [0.05, 0.1) is 16.3 Å². The predicted molar refractivity (Wildman–Crippen MR) is 84.2 cm³/mol. The predicted octanol–water partition coefficient (Wildman–Crippen LogP) is 3.53. The Bertz CT molecular complexity index is 550. The third-order valence-corrected chi connectivity index (χ3v) is 4.96. The van der Waals surface area contributed by atoms with Crippen molar-refractivity contribution in [2.24, 2.45) is 0 Å². The maximum absolute atomic E-state index is 12.2. The zero-order valence-electron chi connectivity index (χ0n) is 11.8. The first-order valence-corrected chi connectivity index (χ1v) is 8.30. The van der Waals surface area contributed by atoms with E-state index in [1.54, 1.807) is 12.1 Å². The number of hydrogen-bond donors (Lipinski definition) is 1. The molecule has 0 bridgehead atoms. The van der Waals surface area contributed by atoms with E-state index in [0.29, 0.717) is 11.8 Å². The first kappa shape index (κ1) is 16.2. The van der Waals surface area contributed by atoms with Gasteiger partial charge < -0.3 is 10.0 Å². The highest BCUT2D eigenvalue weighted by molar-refractivity contribution is 8.00. The molecule has 1 aromatic rings. The van der Waals surface area contributed by atoms with Gasteiger partial charge in [0.2, 0.25) is 5.91 Å². The number of carboxylic acid groups (broad SMARTS) is 1. The molecule has 1 amide bonds. The molecule has 0 spiro atoms. The Kier molecular flexibility index (Phi) is 5.53. The van der Waals surface area contributed by atoms with Gasteiger partial charge in [-0.2, -0.15) is 0 Å². The summed E-state index contributed by atoms with van der Waals surface area (Å²) in [7, 11) is 0. The van der Waals surface area contributed by atoms with Crippen molar-refractivity contribution in [1.29, 1.82) is 0 Å². The molecule has 4 nitrogen and oxygen atoms in total. The van der Waals surface area contributed by atoms with Crippen LogP contribution in [0.15, 0.2) is 23.1 Å². The maximum Gasteiger partial charge on any atom is 0.337 e. The van der Waals surface area contributed by atoms with E-state index in [1.807, 2.05) is 4.90 Å². The Labute approximate surface area is 133 Å². The van der Waals surface area contributed by atoms with Gasteiger partial charge in [-0.15, -0.1) is 11.8 Å². The smallest absolute Gasteiger partial charge is 0.337 e. The third kappa shape index (κ3) is 4.14. The summed E-state index contributed by atoms with van der Waals surface area (Å²) in [6.45, 7) is 2.90. The molecule has 1 aliphatic rings. The summed E-state index contributed by atoms with van der Waals surface area (Å²) in [5, 5.41) is 9.25. The van der Waals surface area contributed by atoms with Crippen molar-refractivity contribution in [3.05, 3.63) is 28.8 Å². The second-order valence-corrected chi connectivity index (χ2v) is 6.62. The van der Waals surface area contributed by atoms with Crippen LogP contribution in [0.25, 0.3) is 0 Å². The molecule has 1 atom stereocenters. The summed E-state index contributed by atoms with van der Waals surface area (Å²) in [5.41, 5.74) is 0.0699. The minimum atomic E-state index is -1.06. The molecule has 0 saturated carbocycles. The number of hydrogen-bond acceptors (Lipinski definition) is 3. The van der Waals surface area contributed by atoms with Gasteiger partial charge >= 0.3 is 5.97 Å². The van der Waals surface area contributed by atoms with Gasteiger partial charge in [0, 0.05) is 17.5 Å². The summed E-state index contributed by atoms with van der Waals surface area (Å²) in [6, 6.07) is 5.11. The number of aromatic carboxylic acids is 1. The quantitative estimate of drug-likeness (QED) is 0.859. The highest BCUT2D eigenvalue weighted by Crippen LogP contribution is 2.26. The molecule has 1 heterocycles. The molecule has 6 heteroatoms. The van der Waals surface area contributed by atoms with Gasteiger partial charge in [0.25, 0.3) is 0 Å². The fourth-order valence-corrected chi connectivity index (χ4v) is 3.47. The zero-order valence-corrected chi connectivity index (χ0v) is 13.4. The Hall–Kier alpha value is -1.20. The Morgan fingerprint density at radius 2 is 2.19 bits per heavy atom. The Morgan fingerprint density at radius 1 is 1.43 bits per heavy atom. The Morgan fingerprint density at radius 3 is 2.86 bits per heavy atom. The average Bonchev–Trinajstić information content (AvgIpc) is 2.46. The van der Waals surface area contributed by atoms with E-state index in [9.17, 15) is 9.59 Å². The van der Waals surface area contributed by atoms with E-state index in [2.05, 4.69) is 6.92 Å². The lowest BCUT2D eigenvalue weighted by atomic mass is 10.0. The van der Waals surface area contributed by atoms with Gasteiger partial charge in [-0.3, -0.25) is 4.79 Å². The van der Waals surface area contributed by atoms with Crippen LogP contribution >= 0.6 is 23.4 Å². The summed E-state index contributed by atoms with van der Waals surface area (Å²) in [6.07, 6.45) is 3.29. The molecule has 2 rings (SSSR count). The van der Waals surface area contributed by atoms with E-state index in [0.717, 1.165) is 24.3 Å². The fourth-order valence-electron chi connectivity index (χ4n) is 2.45. The van der Waals surface area contributed by atoms with Gasteiger partial charge in [0.15, 0.2) is 0 Å². The average molecular weight is 328 g/mol. The number of rotatable bonds is 4. The van der Waals surface area contributed by atoms with Crippen LogP contribution in [0.4, 0.5) is 0 Å². The SMILES string of the molecule is CC1CCCCN1C(=O)CSc1ccc(Cl)c(C(=O)O)c1. The summed E-state index contributed by atoms with van der Waals surface area (Å²) < 4.78 is 0. The first-order chi connectivity index (χ1) is 9.99. The topological polar surface area (TPSA) is 57.6 Å². The van der Waals surface area contributed by atoms with Crippen molar-refractivity contribution < 1.29 is 14.7 Å². The summed E-state index contributed by atoms with van der Waals surface area (Å²) >= 11 is 7.18.